The van der Waals surface area contributed by atoms with Crippen LogP contribution in [0.3, 0.4) is 0 Å². The smallest absolute Gasteiger partial charge is 0.194 e. The Morgan fingerprint density at radius 3 is 3.07 bits per heavy atom. The van der Waals surface area contributed by atoms with Crippen LogP contribution in [-0.4, -0.2) is 42.6 Å². The number of hydrogen-bond donors (Lipinski definition) is 2. The first-order valence-electron chi connectivity index (χ1n) is 5.59. The van der Waals surface area contributed by atoms with E-state index >= 15 is 0 Å². The normalized spacial score (nSPS) is 32.7. The molecule has 2 unspecified atom stereocenters. The largest absolute Gasteiger partial charge is 0.354 e. The molecule has 1 saturated heterocycles. The van der Waals surface area contributed by atoms with E-state index in [4.69, 9.17) is 5.73 Å². The maximum absolute atomic E-state index is 5.80. The molecule has 4 heteroatoms. The average molecular weight is 196 g/mol. The predicted octanol–water partition coefficient (Wildman–Crippen LogP) is 0.147. The van der Waals surface area contributed by atoms with Crippen molar-refractivity contribution in [1.82, 2.24) is 10.2 Å². The number of aliphatic imine (C=N–C) groups is 1. The van der Waals surface area contributed by atoms with Gasteiger partial charge in [0, 0.05) is 25.2 Å². The molecule has 0 aromatic heterocycles. The summed E-state index contributed by atoms with van der Waals surface area (Å²) in [5.74, 6) is 1.08. The first kappa shape index (κ1) is 9.77. The van der Waals surface area contributed by atoms with E-state index in [-0.39, 0.29) is 0 Å². The lowest BCUT2D eigenvalue weighted by Gasteiger charge is -2.41. The maximum Gasteiger partial charge on any atom is 0.194 e. The van der Waals surface area contributed by atoms with Gasteiger partial charge in [-0.3, -0.25) is 4.99 Å². The Hall–Kier alpha value is -0.770. The van der Waals surface area contributed by atoms with Crippen molar-refractivity contribution >= 4 is 5.96 Å². The van der Waals surface area contributed by atoms with Crippen molar-refractivity contribution in [3.05, 3.63) is 0 Å². The van der Waals surface area contributed by atoms with Crippen LogP contribution >= 0.6 is 0 Å². The van der Waals surface area contributed by atoms with Crippen LogP contribution in [0.5, 0.6) is 0 Å². The summed E-state index contributed by atoms with van der Waals surface area (Å²) in [7, 11) is 0. The number of nitrogens with two attached hydrogens (primary N) is 1. The molecule has 2 rings (SSSR count). The van der Waals surface area contributed by atoms with Gasteiger partial charge in [0.15, 0.2) is 5.96 Å². The third-order valence-electron chi connectivity index (χ3n) is 3.20. The van der Waals surface area contributed by atoms with Crippen molar-refractivity contribution in [2.24, 2.45) is 10.7 Å². The first-order valence-corrected chi connectivity index (χ1v) is 5.59. The van der Waals surface area contributed by atoms with E-state index in [1.54, 1.807) is 0 Å². The summed E-state index contributed by atoms with van der Waals surface area (Å²) >= 11 is 0. The fourth-order valence-corrected chi connectivity index (χ4v) is 2.46. The number of rotatable bonds is 1. The summed E-state index contributed by atoms with van der Waals surface area (Å²) in [6.45, 7) is 4.90. The molecule has 3 N–H and O–H groups in total. The Kier molecular flexibility index (Phi) is 2.91. The maximum atomic E-state index is 5.80. The molecule has 0 amide bonds. The van der Waals surface area contributed by atoms with Gasteiger partial charge in [0.05, 0.1) is 6.54 Å². The minimum Gasteiger partial charge on any atom is -0.354 e. The van der Waals surface area contributed by atoms with E-state index in [9.17, 15) is 0 Å². The van der Waals surface area contributed by atoms with Crippen LogP contribution in [0, 0.1) is 0 Å². The van der Waals surface area contributed by atoms with Gasteiger partial charge in [0.25, 0.3) is 0 Å². The van der Waals surface area contributed by atoms with Gasteiger partial charge in [-0.25, -0.2) is 0 Å². The molecule has 2 heterocycles. The molecular weight excluding hydrogens is 176 g/mol. The number of nitrogens with zero attached hydrogens (tertiary/aromatic N) is 2. The zero-order valence-electron chi connectivity index (χ0n) is 8.87. The Morgan fingerprint density at radius 2 is 2.43 bits per heavy atom. The van der Waals surface area contributed by atoms with Crippen LogP contribution in [0.15, 0.2) is 4.99 Å². The third kappa shape index (κ3) is 1.71. The Bertz CT molecular complexity index is 226. The molecule has 2 atom stereocenters. The number of guanidine groups is 1. The molecule has 2 aliphatic rings. The fraction of sp³-hybridized carbons (Fsp3) is 0.900. The van der Waals surface area contributed by atoms with E-state index in [1.165, 1.54) is 19.3 Å². The molecule has 4 nitrogen and oxygen atoms in total. The highest BCUT2D eigenvalue weighted by Gasteiger charge is 2.30. The molecule has 2 aliphatic heterocycles. The van der Waals surface area contributed by atoms with Gasteiger partial charge in [0.1, 0.15) is 0 Å². The number of nitrogens with one attached hydrogen (secondary N) is 1. The van der Waals surface area contributed by atoms with Crippen molar-refractivity contribution in [3.8, 4) is 0 Å². The molecule has 0 bridgehead atoms. The monoisotopic (exact) mass is 196 g/mol. The Morgan fingerprint density at radius 1 is 1.57 bits per heavy atom. The number of likely N-dealkylation sites (tertiary alicyclic amines) is 1. The van der Waals surface area contributed by atoms with Crippen LogP contribution in [-0.2, 0) is 0 Å². The lowest BCUT2D eigenvalue weighted by atomic mass is 9.97. The summed E-state index contributed by atoms with van der Waals surface area (Å²) in [6, 6.07) is 1.07. The number of piperidine rings is 1. The van der Waals surface area contributed by atoms with Crippen LogP contribution in [0.1, 0.15) is 26.2 Å². The van der Waals surface area contributed by atoms with Crippen molar-refractivity contribution in [2.75, 3.05) is 19.6 Å². The standard InChI is InChI=1S/C10H20N4/c1-8-3-2-4-9(7-11)14(8)10-12-5-6-13-10/h8-9H,2-7,11H2,1H3,(H,12,13). The second-order valence-electron chi connectivity index (χ2n) is 4.21. The summed E-state index contributed by atoms with van der Waals surface area (Å²) in [5.41, 5.74) is 5.80. The molecular formula is C10H20N4. The molecule has 0 aliphatic carbocycles. The second-order valence-corrected chi connectivity index (χ2v) is 4.21. The molecule has 0 saturated carbocycles. The van der Waals surface area contributed by atoms with Crippen LogP contribution in [0.4, 0.5) is 0 Å². The molecule has 14 heavy (non-hydrogen) atoms. The van der Waals surface area contributed by atoms with Gasteiger partial charge in [-0.1, -0.05) is 0 Å². The number of hydrogen-bond acceptors (Lipinski definition) is 4. The van der Waals surface area contributed by atoms with Gasteiger partial charge in [-0.2, -0.15) is 0 Å². The van der Waals surface area contributed by atoms with E-state index in [1.807, 2.05) is 0 Å². The second kappa shape index (κ2) is 4.17. The molecule has 0 radical (unpaired) electrons. The van der Waals surface area contributed by atoms with E-state index in [0.29, 0.717) is 12.1 Å². The summed E-state index contributed by atoms with van der Waals surface area (Å²) in [4.78, 5) is 6.87. The minimum atomic E-state index is 0.489. The lowest BCUT2D eigenvalue weighted by Crippen LogP contribution is -2.54. The van der Waals surface area contributed by atoms with Crippen molar-refractivity contribution < 1.29 is 0 Å². The quantitative estimate of drug-likeness (QED) is 0.627. The van der Waals surface area contributed by atoms with Crippen molar-refractivity contribution in [3.63, 3.8) is 0 Å². The molecule has 1 fully saturated rings. The highest BCUT2D eigenvalue weighted by atomic mass is 15.4. The average Bonchev–Trinajstić information content (AvgIpc) is 2.70. The van der Waals surface area contributed by atoms with E-state index in [0.717, 1.165) is 25.6 Å². The molecule has 0 aromatic rings. The SMILES string of the molecule is CC1CCCC(CN)N1C1=NCCN1. The zero-order chi connectivity index (χ0) is 9.97. The van der Waals surface area contributed by atoms with Gasteiger partial charge >= 0.3 is 0 Å². The van der Waals surface area contributed by atoms with Crippen molar-refractivity contribution in [2.45, 2.75) is 38.3 Å². The zero-order valence-corrected chi connectivity index (χ0v) is 8.87. The van der Waals surface area contributed by atoms with Crippen LogP contribution in [0.2, 0.25) is 0 Å². The highest BCUT2D eigenvalue weighted by Crippen LogP contribution is 2.22. The highest BCUT2D eigenvalue weighted by molar-refractivity contribution is 5.82. The van der Waals surface area contributed by atoms with Crippen molar-refractivity contribution in [1.29, 1.82) is 0 Å². The van der Waals surface area contributed by atoms with Crippen LogP contribution < -0.4 is 11.1 Å². The van der Waals surface area contributed by atoms with Gasteiger partial charge in [0.2, 0.25) is 0 Å². The van der Waals surface area contributed by atoms with Gasteiger partial charge < -0.3 is 16.0 Å². The van der Waals surface area contributed by atoms with Crippen LogP contribution in [0.25, 0.3) is 0 Å². The van der Waals surface area contributed by atoms with Gasteiger partial charge in [-0.15, -0.1) is 0 Å². The predicted molar refractivity (Wildman–Crippen MR) is 58.3 cm³/mol. The molecule has 0 aromatic carbocycles. The van der Waals surface area contributed by atoms with Gasteiger partial charge in [-0.05, 0) is 26.2 Å². The fourth-order valence-electron chi connectivity index (χ4n) is 2.46. The van der Waals surface area contributed by atoms with E-state index < -0.39 is 0 Å². The lowest BCUT2D eigenvalue weighted by molar-refractivity contribution is 0.179. The summed E-state index contributed by atoms with van der Waals surface area (Å²) in [6.07, 6.45) is 3.77. The third-order valence-corrected chi connectivity index (χ3v) is 3.20. The topological polar surface area (TPSA) is 53.6 Å². The summed E-state index contributed by atoms with van der Waals surface area (Å²) in [5, 5.41) is 3.34. The molecule has 0 spiro atoms. The summed E-state index contributed by atoms with van der Waals surface area (Å²) < 4.78 is 0. The molecule has 80 valence electrons. The van der Waals surface area contributed by atoms with E-state index in [2.05, 4.69) is 22.1 Å². The Labute approximate surface area is 85.6 Å². The first-order chi connectivity index (χ1) is 6.83. The Balaban J connectivity index is 2.10. The minimum absolute atomic E-state index is 0.489.